The van der Waals surface area contributed by atoms with Crippen LogP contribution in [-0.2, 0) is 65.4 Å². The van der Waals surface area contributed by atoms with Gasteiger partial charge in [-0.25, -0.2) is 9.13 Å². The van der Waals surface area contributed by atoms with Crippen LogP contribution in [0.15, 0.2) is 0 Å². The van der Waals surface area contributed by atoms with Crippen LogP contribution in [0.2, 0.25) is 0 Å². The van der Waals surface area contributed by atoms with E-state index in [9.17, 15) is 43.2 Å². The first kappa shape index (κ1) is 87.1. The average Bonchev–Trinajstić information content (AvgIpc) is 3.61. The van der Waals surface area contributed by atoms with Crippen molar-refractivity contribution in [2.24, 2.45) is 23.7 Å². The lowest BCUT2D eigenvalue weighted by Crippen LogP contribution is -2.30. The van der Waals surface area contributed by atoms with Gasteiger partial charge in [-0.05, 0) is 49.4 Å². The fourth-order valence-electron chi connectivity index (χ4n) is 10.5. The van der Waals surface area contributed by atoms with E-state index >= 15 is 0 Å². The zero-order chi connectivity index (χ0) is 66.1. The summed E-state index contributed by atoms with van der Waals surface area (Å²) in [5.74, 6) is 0.840. The van der Waals surface area contributed by atoms with Crippen molar-refractivity contribution in [2.75, 3.05) is 39.6 Å². The van der Waals surface area contributed by atoms with E-state index in [1.807, 2.05) is 0 Å². The molecule has 0 heterocycles. The van der Waals surface area contributed by atoms with E-state index in [2.05, 4.69) is 55.4 Å². The van der Waals surface area contributed by atoms with Crippen molar-refractivity contribution < 1.29 is 80.2 Å². The van der Waals surface area contributed by atoms with Crippen molar-refractivity contribution in [3.8, 4) is 0 Å². The van der Waals surface area contributed by atoms with Crippen LogP contribution in [0.3, 0.4) is 0 Å². The van der Waals surface area contributed by atoms with Crippen LogP contribution in [0.25, 0.3) is 0 Å². The Kier molecular flexibility index (Phi) is 58.5. The number of carbonyl (C=O) groups is 4. The number of ether oxygens (including phenoxy) is 4. The molecule has 0 aliphatic heterocycles. The number of hydrogen-bond donors (Lipinski definition) is 3. The van der Waals surface area contributed by atoms with Gasteiger partial charge in [-0.15, -0.1) is 0 Å². The highest BCUT2D eigenvalue weighted by molar-refractivity contribution is 7.47. The fraction of sp³-hybridized carbons (Fsp3) is 0.943. The quantitative estimate of drug-likeness (QED) is 0.0222. The van der Waals surface area contributed by atoms with E-state index in [0.717, 1.165) is 108 Å². The van der Waals surface area contributed by atoms with Crippen molar-refractivity contribution in [2.45, 2.75) is 363 Å². The van der Waals surface area contributed by atoms with Crippen molar-refractivity contribution in [1.29, 1.82) is 0 Å². The number of phosphoric acid groups is 2. The maximum absolute atomic E-state index is 13.0. The van der Waals surface area contributed by atoms with Crippen LogP contribution in [0.1, 0.15) is 344 Å². The van der Waals surface area contributed by atoms with Gasteiger partial charge in [-0.1, -0.05) is 293 Å². The van der Waals surface area contributed by atoms with Crippen LogP contribution in [-0.4, -0.2) is 96.7 Å². The van der Waals surface area contributed by atoms with E-state index in [0.29, 0.717) is 37.5 Å². The molecule has 0 amide bonds. The normalized spacial score (nSPS) is 14.6. The number of rotatable bonds is 67. The molecular weight excluding hydrogens is 1170 g/mol. The van der Waals surface area contributed by atoms with Gasteiger partial charge in [0, 0.05) is 25.7 Å². The number of aliphatic hydroxyl groups is 1. The Morgan fingerprint density at radius 3 is 0.798 bits per heavy atom. The summed E-state index contributed by atoms with van der Waals surface area (Å²) in [6, 6.07) is 0. The minimum absolute atomic E-state index is 0.102. The molecule has 0 saturated carbocycles. The summed E-state index contributed by atoms with van der Waals surface area (Å²) in [6.07, 6.45) is 41.9. The molecule has 17 nitrogen and oxygen atoms in total. The Bertz CT molecular complexity index is 1770. The zero-order valence-electron chi connectivity index (χ0n) is 58.1. The lowest BCUT2D eigenvalue weighted by molar-refractivity contribution is -0.161. The smallest absolute Gasteiger partial charge is 0.462 e. The summed E-state index contributed by atoms with van der Waals surface area (Å²) in [5, 5.41) is 10.6. The van der Waals surface area contributed by atoms with Gasteiger partial charge in [-0.2, -0.15) is 0 Å². The molecule has 19 heteroatoms. The molecule has 0 bridgehead atoms. The van der Waals surface area contributed by atoms with E-state index in [1.54, 1.807) is 0 Å². The molecule has 0 rings (SSSR count). The zero-order valence-corrected chi connectivity index (χ0v) is 59.8. The van der Waals surface area contributed by atoms with Gasteiger partial charge in [0.1, 0.15) is 19.3 Å². The third kappa shape index (κ3) is 63.2. The summed E-state index contributed by atoms with van der Waals surface area (Å²) in [6.45, 7) is 14.0. The number of esters is 4. The minimum atomic E-state index is -4.95. The van der Waals surface area contributed by atoms with Crippen LogP contribution in [0.5, 0.6) is 0 Å². The number of carbonyl (C=O) groups excluding carboxylic acids is 4. The summed E-state index contributed by atoms with van der Waals surface area (Å²) in [7, 11) is -9.90. The standard InChI is InChI=1S/C70H136O17P2/c1-9-63(8)49-41-33-25-16-14-12-10-11-13-15-17-27-36-44-52-69(74)86-65(56-80-67(72)50-42-34-26-19-18-22-30-38-46-60(2)3)58-84-88(76,77)82-54-64(71)55-83-89(78,79)85-59-66(87-70(75)53-45-37-29-21-24-32-40-48-62(6)7)57-81-68(73)51-43-35-28-20-23-31-39-47-61(4)5/h60-66,71H,9-59H2,1-8H3,(H,76,77)(H,78,79)/t63?,64?,65-,66-/m1/s1. The second-order valence-corrected chi connectivity index (χ2v) is 29.8. The highest BCUT2D eigenvalue weighted by atomic mass is 31.2. The SMILES string of the molecule is CCC(C)CCCCCCCCCCCCCCCCC(=O)O[C@H](COC(=O)CCCCCCCCCCC(C)C)COP(=O)(O)OCC(O)COP(=O)(O)OC[C@@H](COC(=O)CCCCCCCCCC(C)C)OC(=O)CCCCCCCCCC(C)C. The van der Waals surface area contributed by atoms with Gasteiger partial charge in [0.2, 0.25) is 0 Å². The molecule has 89 heavy (non-hydrogen) atoms. The third-order valence-electron chi connectivity index (χ3n) is 16.4. The van der Waals surface area contributed by atoms with E-state index < -0.39 is 97.5 Å². The monoisotopic (exact) mass is 1310 g/mol. The lowest BCUT2D eigenvalue weighted by Gasteiger charge is -2.21. The molecule has 0 aromatic heterocycles. The van der Waals surface area contributed by atoms with Gasteiger partial charge in [0.05, 0.1) is 26.4 Å². The number of aliphatic hydroxyl groups excluding tert-OH is 1. The Morgan fingerprint density at radius 2 is 0.539 bits per heavy atom. The molecule has 0 radical (unpaired) electrons. The first-order chi connectivity index (χ1) is 42.6. The minimum Gasteiger partial charge on any atom is -0.462 e. The summed E-state index contributed by atoms with van der Waals surface area (Å²) < 4.78 is 68.2. The van der Waals surface area contributed by atoms with E-state index in [-0.39, 0.29) is 25.7 Å². The molecule has 0 spiro atoms. The lowest BCUT2D eigenvalue weighted by atomic mass is 9.99. The molecule has 0 aromatic carbocycles. The third-order valence-corrected chi connectivity index (χ3v) is 18.3. The van der Waals surface area contributed by atoms with Crippen LogP contribution >= 0.6 is 15.6 Å². The second kappa shape index (κ2) is 59.8. The summed E-state index contributed by atoms with van der Waals surface area (Å²) >= 11 is 0. The second-order valence-electron chi connectivity index (χ2n) is 26.9. The van der Waals surface area contributed by atoms with Crippen LogP contribution in [0.4, 0.5) is 0 Å². The Balaban J connectivity index is 5.22. The maximum Gasteiger partial charge on any atom is 0.472 e. The van der Waals surface area contributed by atoms with Gasteiger partial charge in [-0.3, -0.25) is 37.3 Å². The van der Waals surface area contributed by atoms with Crippen molar-refractivity contribution in [1.82, 2.24) is 0 Å². The Labute approximate surface area is 543 Å². The first-order valence-corrected chi connectivity index (χ1v) is 39.2. The highest BCUT2D eigenvalue weighted by Gasteiger charge is 2.30. The molecule has 6 atom stereocenters. The average molecular weight is 1310 g/mol. The molecule has 528 valence electrons. The predicted octanol–water partition coefficient (Wildman–Crippen LogP) is 19.7. The largest absolute Gasteiger partial charge is 0.472 e. The number of hydrogen-bond acceptors (Lipinski definition) is 15. The first-order valence-electron chi connectivity index (χ1n) is 36.2. The maximum atomic E-state index is 13.0. The molecule has 0 aromatic rings. The van der Waals surface area contributed by atoms with E-state index in [1.165, 1.54) is 141 Å². The van der Waals surface area contributed by atoms with Crippen LogP contribution in [0, 0.1) is 23.7 Å². The van der Waals surface area contributed by atoms with E-state index in [4.69, 9.17) is 37.0 Å². The van der Waals surface area contributed by atoms with Crippen molar-refractivity contribution in [3.63, 3.8) is 0 Å². The Morgan fingerprint density at radius 1 is 0.315 bits per heavy atom. The van der Waals surface area contributed by atoms with Crippen LogP contribution < -0.4 is 0 Å². The van der Waals surface area contributed by atoms with Crippen molar-refractivity contribution in [3.05, 3.63) is 0 Å². The van der Waals surface area contributed by atoms with Gasteiger partial charge in [0.15, 0.2) is 12.2 Å². The fourth-order valence-corrected chi connectivity index (χ4v) is 12.0. The number of unbranched alkanes of at least 4 members (excludes halogenated alkanes) is 32. The molecule has 3 N–H and O–H groups in total. The molecule has 0 fully saturated rings. The molecule has 0 saturated heterocycles. The van der Waals surface area contributed by atoms with Gasteiger partial charge in [0.25, 0.3) is 0 Å². The highest BCUT2D eigenvalue weighted by Crippen LogP contribution is 2.45. The topological polar surface area (TPSA) is 237 Å². The van der Waals surface area contributed by atoms with Gasteiger partial charge < -0.3 is 33.8 Å². The van der Waals surface area contributed by atoms with Crippen molar-refractivity contribution >= 4 is 39.5 Å². The van der Waals surface area contributed by atoms with Gasteiger partial charge >= 0.3 is 39.5 Å². The number of phosphoric ester groups is 2. The Hall–Kier alpha value is -1.94. The molecular formula is C70H136O17P2. The molecule has 0 aliphatic carbocycles. The molecule has 4 unspecified atom stereocenters. The summed E-state index contributed by atoms with van der Waals surface area (Å²) in [5.41, 5.74) is 0. The molecule has 0 aliphatic rings. The predicted molar refractivity (Wildman–Crippen MR) is 358 cm³/mol. The summed E-state index contributed by atoms with van der Waals surface area (Å²) in [4.78, 5) is 72.5.